The second kappa shape index (κ2) is 3.08. The van der Waals surface area contributed by atoms with Crippen molar-refractivity contribution < 1.29 is 4.79 Å². The molecule has 1 saturated heterocycles. The highest BCUT2D eigenvalue weighted by Crippen LogP contribution is 2.30. The van der Waals surface area contributed by atoms with Gasteiger partial charge in [-0.1, -0.05) is 0 Å². The Morgan fingerprint density at radius 3 is 3.00 bits per heavy atom. The van der Waals surface area contributed by atoms with Gasteiger partial charge in [0.1, 0.15) is 0 Å². The van der Waals surface area contributed by atoms with Crippen LogP contribution < -0.4 is 5.73 Å². The van der Waals surface area contributed by atoms with Gasteiger partial charge in [-0.25, -0.2) is 4.37 Å². The summed E-state index contributed by atoms with van der Waals surface area (Å²) in [6, 6.07) is -0.0693. The van der Waals surface area contributed by atoms with E-state index in [-0.39, 0.29) is 18.0 Å². The van der Waals surface area contributed by atoms with Gasteiger partial charge in [0.25, 0.3) is 0 Å². The Kier molecular flexibility index (Phi) is 2.05. The van der Waals surface area contributed by atoms with E-state index in [9.17, 15) is 4.79 Å². The summed E-state index contributed by atoms with van der Waals surface area (Å²) in [5.41, 5.74) is 6.91. The Morgan fingerprint density at radius 2 is 2.54 bits per heavy atom. The average molecular weight is 197 g/mol. The van der Waals surface area contributed by atoms with Crippen LogP contribution in [0.15, 0.2) is 11.6 Å². The van der Waals surface area contributed by atoms with E-state index in [1.54, 1.807) is 18.1 Å². The molecule has 2 heterocycles. The maximum Gasteiger partial charge on any atom is 0.224 e. The summed E-state index contributed by atoms with van der Waals surface area (Å²) in [7, 11) is 1.79. The number of nitrogens with two attached hydrogens (primary N) is 1. The van der Waals surface area contributed by atoms with Crippen molar-refractivity contribution in [3.05, 3.63) is 17.1 Å². The number of carbonyl (C=O) groups is 1. The number of rotatable bonds is 1. The minimum atomic E-state index is -0.0890. The van der Waals surface area contributed by atoms with Crippen LogP contribution in [0.2, 0.25) is 0 Å². The molecule has 0 aromatic carbocycles. The highest BCUT2D eigenvalue weighted by molar-refractivity contribution is 7.03. The normalized spacial score (nSPS) is 28.5. The van der Waals surface area contributed by atoms with E-state index >= 15 is 0 Å². The van der Waals surface area contributed by atoms with Crippen molar-refractivity contribution >= 4 is 17.4 Å². The van der Waals surface area contributed by atoms with Gasteiger partial charge in [-0.05, 0) is 11.5 Å². The lowest BCUT2D eigenvalue weighted by molar-refractivity contribution is -0.127. The molecule has 0 bridgehead atoms. The molecular formula is C8H11N3OS. The first-order valence-corrected chi connectivity index (χ1v) is 4.94. The summed E-state index contributed by atoms with van der Waals surface area (Å²) < 4.78 is 4.01. The van der Waals surface area contributed by atoms with Gasteiger partial charge in [-0.3, -0.25) is 4.79 Å². The van der Waals surface area contributed by atoms with E-state index in [4.69, 9.17) is 5.73 Å². The van der Waals surface area contributed by atoms with Gasteiger partial charge >= 0.3 is 0 Å². The number of aromatic nitrogens is 1. The lowest BCUT2D eigenvalue weighted by Crippen LogP contribution is -2.29. The smallest absolute Gasteiger partial charge is 0.224 e. The zero-order valence-corrected chi connectivity index (χ0v) is 8.12. The highest BCUT2D eigenvalue weighted by Gasteiger charge is 2.36. The monoisotopic (exact) mass is 197 g/mol. The van der Waals surface area contributed by atoms with E-state index in [0.717, 1.165) is 5.56 Å². The summed E-state index contributed by atoms with van der Waals surface area (Å²) in [5.74, 6) is 0.115. The van der Waals surface area contributed by atoms with Crippen molar-refractivity contribution in [2.24, 2.45) is 5.73 Å². The number of nitrogens with zero attached hydrogens (tertiary/aromatic N) is 2. The van der Waals surface area contributed by atoms with Crippen LogP contribution in [0.1, 0.15) is 18.0 Å². The van der Waals surface area contributed by atoms with Crippen molar-refractivity contribution in [1.82, 2.24) is 9.27 Å². The summed E-state index contributed by atoms with van der Waals surface area (Å²) in [5, 5.41) is 1.94. The van der Waals surface area contributed by atoms with Crippen LogP contribution in [0.4, 0.5) is 0 Å². The standard InChI is InChI=1S/C8H11N3OS/c1-11-7(12)2-6(9)8(11)5-3-10-13-4-5/h3-4,6,8H,2,9H2,1H3/t6-,8+/m0/s1. The molecule has 1 fully saturated rings. The van der Waals surface area contributed by atoms with E-state index < -0.39 is 0 Å². The molecule has 0 saturated carbocycles. The lowest BCUT2D eigenvalue weighted by atomic mass is 10.1. The summed E-state index contributed by atoms with van der Waals surface area (Å²) in [6.45, 7) is 0. The SMILES string of the molecule is CN1C(=O)C[C@H](N)[C@H]1c1cnsc1. The average Bonchev–Trinajstić information content (AvgIpc) is 2.63. The molecule has 1 aliphatic heterocycles. The van der Waals surface area contributed by atoms with Crippen molar-refractivity contribution in [1.29, 1.82) is 0 Å². The molecule has 2 rings (SSSR count). The molecule has 0 aliphatic carbocycles. The van der Waals surface area contributed by atoms with Crippen molar-refractivity contribution in [2.45, 2.75) is 18.5 Å². The predicted molar refractivity (Wildman–Crippen MR) is 50.2 cm³/mol. The summed E-state index contributed by atoms with van der Waals surface area (Å²) in [6.07, 6.45) is 2.22. The van der Waals surface area contributed by atoms with Crippen LogP contribution in [-0.4, -0.2) is 28.3 Å². The van der Waals surface area contributed by atoms with E-state index in [0.29, 0.717) is 6.42 Å². The second-order valence-corrected chi connectivity index (χ2v) is 3.93. The molecule has 0 radical (unpaired) electrons. The third-order valence-corrected chi connectivity index (χ3v) is 3.02. The molecule has 1 amide bonds. The van der Waals surface area contributed by atoms with Gasteiger partial charge in [0, 0.05) is 36.7 Å². The lowest BCUT2D eigenvalue weighted by Gasteiger charge is -2.21. The minimum absolute atomic E-state index is 0.0197. The van der Waals surface area contributed by atoms with Crippen molar-refractivity contribution in [2.75, 3.05) is 7.05 Å². The highest BCUT2D eigenvalue weighted by atomic mass is 32.1. The van der Waals surface area contributed by atoms with Crippen LogP contribution >= 0.6 is 11.5 Å². The third-order valence-electron chi connectivity index (χ3n) is 2.42. The van der Waals surface area contributed by atoms with Crippen LogP contribution in [0, 0.1) is 0 Å². The Labute approximate surface area is 80.5 Å². The molecular weight excluding hydrogens is 186 g/mol. The Bertz CT molecular complexity index is 311. The molecule has 0 spiro atoms. The molecule has 0 unspecified atom stereocenters. The first-order valence-electron chi connectivity index (χ1n) is 4.10. The second-order valence-electron chi connectivity index (χ2n) is 3.28. The molecule has 1 aromatic heterocycles. The Morgan fingerprint density at radius 1 is 1.77 bits per heavy atom. The van der Waals surface area contributed by atoms with Gasteiger partial charge < -0.3 is 10.6 Å². The van der Waals surface area contributed by atoms with Gasteiger partial charge in [0.2, 0.25) is 5.91 Å². The van der Waals surface area contributed by atoms with Crippen molar-refractivity contribution in [3.63, 3.8) is 0 Å². The maximum atomic E-state index is 11.3. The number of hydrogen-bond acceptors (Lipinski definition) is 4. The molecule has 2 atom stereocenters. The molecule has 4 nitrogen and oxygen atoms in total. The van der Waals surface area contributed by atoms with E-state index in [1.165, 1.54) is 11.5 Å². The fourth-order valence-corrected chi connectivity index (χ4v) is 2.29. The topological polar surface area (TPSA) is 59.2 Å². The fourth-order valence-electron chi connectivity index (χ4n) is 1.73. The molecule has 2 N–H and O–H groups in total. The summed E-state index contributed by atoms with van der Waals surface area (Å²) in [4.78, 5) is 13.0. The number of amides is 1. The molecule has 70 valence electrons. The van der Waals surface area contributed by atoms with Crippen LogP contribution in [0.5, 0.6) is 0 Å². The Balaban J connectivity index is 2.29. The fraction of sp³-hybridized carbons (Fsp3) is 0.500. The molecule has 1 aliphatic rings. The number of carbonyl (C=O) groups excluding carboxylic acids is 1. The van der Waals surface area contributed by atoms with Gasteiger partial charge in [-0.2, -0.15) is 0 Å². The minimum Gasteiger partial charge on any atom is -0.337 e. The molecule has 13 heavy (non-hydrogen) atoms. The number of likely N-dealkylation sites (tertiary alicyclic amines) is 1. The van der Waals surface area contributed by atoms with Gasteiger partial charge in [0.05, 0.1) is 6.04 Å². The van der Waals surface area contributed by atoms with Crippen LogP contribution in [-0.2, 0) is 4.79 Å². The van der Waals surface area contributed by atoms with Crippen molar-refractivity contribution in [3.8, 4) is 0 Å². The first kappa shape index (κ1) is 8.65. The van der Waals surface area contributed by atoms with Gasteiger partial charge in [-0.15, -0.1) is 0 Å². The first-order chi connectivity index (χ1) is 6.20. The zero-order chi connectivity index (χ0) is 9.42. The Hall–Kier alpha value is -0.940. The van der Waals surface area contributed by atoms with E-state index in [2.05, 4.69) is 4.37 Å². The summed E-state index contributed by atoms with van der Waals surface area (Å²) >= 11 is 1.39. The van der Waals surface area contributed by atoms with Crippen LogP contribution in [0.3, 0.4) is 0 Å². The zero-order valence-electron chi connectivity index (χ0n) is 7.30. The van der Waals surface area contributed by atoms with E-state index in [1.807, 2.05) is 5.38 Å². The maximum absolute atomic E-state index is 11.3. The van der Waals surface area contributed by atoms with Gasteiger partial charge in [0.15, 0.2) is 0 Å². The molecule has 5 heteroatoms. The number of likely N-dealkylation sites (N-methyl/N-ethyl adjacent to an activating group) is 1. The number of hydrogen-bond donors (Lipinski definition) is 1. The molecule has 1 aromatic rings. The van der Waals surface area contributed by atoms with Crippen LogP contribution in [0.25, 0.3) is 0 Å². The quantitative estimate of drug-likeness (QED) is 0.707. The third kappa shape index (κ3) is 1.34. The predicted octanol–water partition coefficient (Wildman–Crippen LogP) is 0.374. The largest absolute Gasteiger partial charge is 0.337 e.